The number of carbonyl (C=O) groups is 2. The Balaban J connectivity index is 2.20. The first-order valence-electron chi connectivity index (χ1n) is 7.12. The van der Waals surface area contributed by atoms with Gasteiger partial charge in [0.1, 0.15) is 16.9 Å². The lowest BCUT2D eigenvalue weighted by molar-refractivity contribution is -0.136. The van der Waals surface area contributed by atoms with Gasteiger partial charge < -0.3 is 20.0 Å². The monoisotopic (exact) mass is 350 g/mol. The quantitative estimate of drug-likeness (QED) is 0.472. The molecule has 1 amide bonds. The van der Waals surface area contributed by atoms with Gasteiger partial charge in [-0.25, -0.2) is 4.79 Å². The maximum Gasteiger partial charge on any atom is 0.336 e. The Bertz CT molecular complexity index is 865. The van der Waals surface area contributed by atoms with E-state index >= 15 is 0 Å². The van der Waals surface area contributed by atoms with E-state index in [2.05, 4.69) is 5.32 Å². The number of rotatable bonds is 2. The molecule has 4 rings (SSSR count). The fourth-order valence-corrected chi connectivity index (χ4v) is 3.69. The van der Waals surface area contributed by atoms with Crippen molar-refractivity contribution in [1.29, 1.82) is 0 Å². The molecule has 0 fully saturated rings. The highest BCUT2D eigenvalue weighted by atomic mass is 32.2. The summed E-state index contributed by atoms with van der Waals surface area (Å²) < 4.78 is 5.13. The molecular formula is C15H14N2O6S. The van der Waals surface area contributed by atoms with Crippen LogP contribution in [0.3, 0.4) is 0 Å². The summed E-state index contributed by atoms with van der Waals surface area (Å²) in [6, 6.07) is 4.94. The van der Waals surface area contributed by atoms with E-state index in [1.165, 1.54) is 12.1 Å². The third kappa shape index (κ3) is 3.14. The molecule has 0 spiro atoms. The summed E-state index contributed by atoms with van der Waals surface area (Å²) in [6.45, 7) is 0. The lowest BCUT2D eigenvalue weighted by Gasteiger charge is -2.19. The van der Waals surface area contributed by atoms with Gasteiger partial charge in [0.15, 0.2) is 0 Å². The molecule has 2 aromatic rings. The summed E-state index contributed by atoms with van der Waals surface area (Å²) in [4.78, 5) is 35.6. The van der Waals surface area contributed by atoms with E-state index in [1.54, 1.807) is 12.1 Å². The molecule has 4 bridgehead atoms. The van der Waals surface area contributed by atoms with Crippen LogP contribution < -0.4 is 16.4 Å². The average molecular weight is 350 g/mol. The summed E-state index contributed by atoms with van der Waals surface area (Å²) in [5.74, 6) is -1.27. The van der Waals surface area contributed by atoms with Crippen LogP contribution in [0.5, 0.6) is 0 Å². The maximum atomic E-state index is 12.1. The van der Waals surface area contributed by atoms with Crippen molar-refractivity contribution in [3.63, 3.8) is 0 Å². The smallest absolute Gasteiger partial charge is 0.336 e. The van der Waals surface area contributed by atoms with E-state index in [0.717, 1.165) is 11.8 Å². The van der Waals surface area contributed by atoms with Gasteiger partial charge in [-0.3, -0.25) is 9.59 Å². The number of hydrogen-bond donors (Lipinski definition) is 4. The number of hydrogen-bond acceptors (Lipinski definition) is 7. The van der Waals surface area contributed by atoms with Crippen LogP contribution in [0.1, 0.15) is 17.2 Å². The molecule has 0 saturated heterocycles. The number of nitrogens with one attached hydrogen (secondary N) is 2. The molecule has 0 saturated carbocycles. The van der Waals surface area contributed by atoms with Gasteiger partial charge in [-0.2, -0.15) is 5.48 Å². The number of amides is 1. The zero-order chi connectivity index (χ0) is 17.3. The third-order valence-electron chi connectivity index (χ3n) is 3.71. The van der Waals surface area contributed by atoms with Crippen LogP contribution in [-0.2, 0) is 9.59 Å². The van der Waals surface area contributed by atoms with Gasteiger partial charge in [0.25, 0.3) is 0 Å². The Labute approximate surface area is 139 Å². The Kier molecular flexibility index (Phi) is 4.56. The Morgan fingerprint density at radius 1 is 1.33 bits per heavy atom. The average Bonchev–Trinajstić information content (AvgIpc) is 2.52. The first-order valence-corrected chi connectivity index (χ1v) is 8.17. The molecule has 8 nitrogen and oxygen atoms in total. The molecule has 24 heavy (non-hydrogen) atoms. The number of fused-ring (bicyclic) bond motifs is 7. The lowest BCUT2D eigenvalue weighted by Crippen LogP contribution is -2.39. The molecule has 2 aliphatic rings. The van der Waals surface area contributed by atoms with E-state index < -0.39 is 28.8 Å². The normalized spacial score (nSPS) is 21.3. The van der Waals surface area contributed by atoms with Crippen molar-refractivity contribution in [3.05, 3.63) is 40.2 Å². The van der Waals surface area contributed by atoms with Crippen LogP contribution in [0, 0.1) is 0 Å². The van der Waals surface area contributed by atoms with Crippen molar-refractivity contribution in [2.45, 2.75) is 17.7 Å². The number of hydroxylamine groups is 1. The van der Waals surface area contributed by atoms with Crippen molar-refractivity contribution < 1.29 is 24.3 Å². The van der Waals surface area contributed by atoms with Crippen LogP contribution in [0.4, 0.5) is 5.69 Å². The van der Waals surface area contributed by atoms with Crippen molar-refractivity contribution in [1.82, 2.24) is 5.48 Å². The first kappa shape index (κ1) is 16.5. The van der Waals surface area contributed by atoms with Crippen molar-refractivity contribution >= 4 is 40.3 Å². The van der Waals surface area contributed by atoms with Gasteiger partial charge in [-0.15, -0.1) is 11.8 Å². The van der Waals surface area contributed by atoms with Crippen molar-refractivity contribution in [2.24, 2.45) is 0 Å². The predicted octanol–water partition coefficient (Wildman–Crippen LogP) is 1.34. The second-order valence-corrected chi connectivity index (χ2v) is 6.49. The Morgan fingerprint density at radius 3 is 2.83 bits per heavy atom. The Morgan fingerprint density at radius 2 is 2.12 bits per heavy atom. The molecule has 126 valence electrons. The second-order valence-electron chi connectivity index (χ2n) is 5.28. The fourth-order valence-electron chi connectivity index (χ4n) is 2.56. The number of carbonyl (C=O) groups excluding carboxylic acids is 1. The highest BCUT2D eigenvalue weighted by molar-refractivity contribution is 8.00. The number of aliphatic carboxylic acids is 1. The minimum absolute atomic E-state index is 0.191. The van der Waals surface area contributed by atoms with E-state index in [1.807, 2.05) is 5.48 Å². The maximum absolute atomic E-state index is 12.1. The molecule has 2 aliphatic heterocycles. The van der Waals surface area contributed by atoms with Crippen LogP contribution in [0.15, 0.2) is 33.5 Å². The zero-order valence-corrected chi connectivity index (χ0v) is 13.1. The van der Waals surface area contributed by atoms with Gasteiger partial charge in [-0.1, -0.05) is 0 Å². The molecule has 1 aromatic carbocycles. The van der Waals surface area contributed by atoms with E-state index in [9.17, 15) is 19.5 Å². The summed E-state index contributed by atoms with van der Waals surface area (Å²) >= 11 is 1.08. The summed E-state index contributed by atoms with van der Waals surface area (Å²) in [7, 11) is 0. The van der Waals surface area contributed by atoms with Crippen LogP contribution in [-0.4, -0.2) is 34.0 Å². The molecule has 0 aliphatic carbocycles. The minimum Gasteiger partial charge on any atom is -0.480 e. The molecule has 2 atom stereocenters. The van der Waals surface area contributed by atoms with Crippen LogP contribution >= 0.6 is 11.8 Å². The SMILES string of the molecule is O=C1Nc2ccc3c(cc(=O)oc3c2)C(C(=O)O)SCCC1NO. The number of carboxylic acids is 1. The summed E-state index contributed by atoms with van der Waals surface area (Å²) in [5.41, 5.74) is 2.20. The van der Waals surface area contributed by atoms with Crippen LogP contribution in [0.2, 0.25) is 0 Å². The number of benzene rings is 1. The minimum atomic E-state index is -1.09. The Hall–Kier alpha value is -2.36. The highest BCUT2D eigenvalue weighted by Crippen LogP contribution is 2.35. The fraction of sp³-hybridized carbons (Fsp3) is 0.267. The highest BCUT2D eigenvalue weighted by Gasteiger charge is 2.26. The standard InChI is InChI=1S/C15H14N2O6S/c18-12-6-9-8-2-1-7(5-11(8)23-12)16-14(19)10(17-22)3-4-24-13(9)15(20)21/h1-2,5-6,10,13,17,22H,3-4H2,(H,16,19)(H,20,21). The number of anilines is 1. The molecule has 1 aromatic heterocycles. The van der Waals surface area contributed by atoms with Crippen LogP contribution in [0.25, 0.3) is 11.0 Å². The molecule has 0 radical (unpaired) electrons. The number of thioether (sulfide) groups is 1. The van der Waals surface area contributed by atoms with Gasteiger partial charge in [-0.05, 0) is 29.9 Å². The van der Waals surface area contributed by atoms with E-state index in [0.29, 0.717) is 22.4 Å². The van der Waals surface area contributed by atoms with E-state index in [-0.39, 0.29) is 12.0 Å². The van der Waals surface area contributed by atoms with Gasteiger partial charge in [0.05, 0.1) is 0 Å². The van der Waals surface area contributed by atoms with E-state index in [4.69, 9.17) is 9.62 Å². The lowest BCUT2D eigenvalue weighted by atomic mass is 10.1. The molecule has 9 heteroatoms. The topological polar surface area (TPSA) is 129 Å². The van der Waals surface area contributed by atoms with Crippen molar-refractivity contribution in [3.8, 4) is 0 Å². The molecular weight excluding hydrogens is 336 g/mol. The van der Waals surface area contributed by atoms with Gasteiger partial charge in [0, 0.05) is 23.2 Å². The third-order valence-corrected chi connectivity index (χ3v) is 4.97. The summed E-state index contributed by atoms with van der Waals surface area (Å²) in [6.07, 6.45) is 0.220. The summed E-state index contributed by atoms with van der Waals surface area (Å²) in [5, 5.41) is 20.8. The molecule has 2 unspecified atom stereocenters. The second kappa shape index (κ2) is 6.63. The van der Waals surface area contributed by atoms with Gasteiger partial charge in [0.2, 0.25) is 5.91 Å². The zero-order valence-electron chi connectivity index (χ0n) is 12.3. The first-order chi connectivity index (χ1) is 11.5. The predicted molar refractivity (Wildman–Crippen MR) is 87.3 cm³/mol. The molecule has 3 heterocycles. The molecule has 4 N–H and O–H groups in total. The number of carboxylic acid groups (broad SMARTS) is 1. The van der Waals surface area contributed by atoms with Crippen molar-refractivity contribution in [2.75, 3.05) is 11.1 Å². The van der Waals surface area contributed by atoms with Gasteiger partial charge >= 0.3 is 11.6 Å². The largest absolute Gasteiger partial charge is 0.480 e.